The first kappa shape index (κ1) is 15.9. The van der Waals surface area contributed by atoms with Crippen molar-refractivity contribution in [1.82, 2.24) is 9.78 Å². The quantitative estimate of drug-likeness (QED) is 0.650. The average Bonchev–Trinajstić information content (AvgIpc) is 2.66. The molecule has 0 aromatic carbocycles. The van der Waals surface area contributed by atoms with Crippen LogP contribution in [0.1, 0.15) is 80.5 Å². The molecule has 3 nitrogen and oxygen atoms in total. The molecule has 0 fully saturated rings. The number of carbonyl (C=O) groups is 1. The van der Waals surface area contributed by atoms with Crippen molar-refractivity contribution in [3.63, 3.8) is 0 Å². The molecule has 0 N–H and O–H groups in total. The third-order valence-corrected chi connectivity index (χ3v) is 3.67. The van der Waals surface area contributed by atoms with Crippen LogP contribution in [-0.2, 0) is 6.42 Å². The number of aromatic nitrogens is 2. The number of unbranched alkanes of at least 4 members (excludes halogenated alkanes) is 4. The van der Waals surface area contributed by atoms with E-state index in [0.29, 0.717) is 6.42 Å². The van der Waals surface area contributed by atoms with E-state index in [2.05, 4.69) is 12.0 Å². The molecule has 1 aromatic rings. The lowest BCUT2D eigenvalue weighted by Gasteiger charge is -2.04. The van der Waals surface area contributed by atoms with E-state index < -0.39 is 0 Å². The smallest absolute Gasteiger partial charge is 0.247 e. The summed E-state index contributed by atoms with van der Waals surface area (Å²) < 4.78 is 1.61. The maximum absolute atomic E-state index is 11.9. The molecule has 0 atom stereocenters. The summed E-state index contributed by atoms with van der Waals surface area (Å²) in [6.07, 6.45) is 8.92. The van der Waals surface area contributed by atoms with Crippen molar-refractivity contribution >= 4 is 5.91 Å². The van der Waals surface area contributed by atoms with E-state index in [4.69, 9.17) is 0 Å². The minimum Gasteiger partial charge on any atom is -0.273 e. The van der Waals surface area contributed by atoms with E-state index in [0.717, 1.165) is 24.2 Å². The van der Waals surface area contributed by atoms with Gasteiger partial charge in [-0.3, -0.25) is 4.79 Å². The van der Waals surface area contributed by atoms with Gasteiger partial charge < -0.3 is 0 Å². The summed E-state index contributed by atoms with van der Waals surface area (Å²) in [4.78, 5) is 11.9. The molecule has 0 spiro atoms. The van der Waals surface area contributed by atoms with Crippen molar-refractivity contribution in [2.75, 3.05) is 0 Å². The van der Waals surface area contributed by atoms with E-state index in [-0.39, 0.29) is 5.91 Å². The molecular formula is C16H28N2O. The topological polar surface area (TPSA) is 34.9 Å². The number of rotatable bonds is 8. The monoisotopic (exact) mass is 264 g/mol. The Morgan fingerprint density at radius 1 is 1.05 bits per heavy atom. The molecule has 3 heteroatoms. The Hall–Kier alpha value is -1.12. The first-order valence-electron chi connectivity index (χ1n) is 7.70. The maximum atomic E-state index is 11.9. The fraction of sp³-hybridized carbons (Fsp3) is 0.750. The molecule has 0 radical (unpaired) electrons. The fourth-order valence-corrected chi connectivity index (χ4v) is 2.50. The zero-order valence-electron chi connectivity index (χ0n) is 13.0. The Balaban J connectivity index is 2.61. The summed E-state index contributed by atoms with van der Waals surface area (Å²) in [6.45, 7) is 8.30. The van der Waals surface area contributed by atoms with Crippen molar-refractivity contribution in [2.24, 2.45) is 0 Å². The minimum atomic E-state index is 0.125. The van der Waals surface area contributed by atoms with Crippen LogP contribution in [0.15, 0.2) is 0 Å². The predicted octanol–water partition coefficient (Wildman–Crippen LogP) is 4.45. The second-order valence-corrected chi connectivity index (χ2v) is 5.37. The standard InChI is InChI=1S/C16H28N2O/c1-5-7-8-9-10-12-15-13(3)17-18(14(15)4)16(19)11-6-2/h5-12H2,1-4H3. The van der Waals surface area contributed by atoms with Crippen LogP contribution >= 0.6 is 0 Å². The summed E-state index contributed by atoms with van der Waals surface area (Å²) >= 11 is 0. The van der Waals surface area contributed by atoms with Crippen molar-refractivity contribution in [1.29, 1.82) is 0 Å². The van der Waals surface area contributed by atoms with Crippen molar-refractivity contribution < 1.29 is 4.79 Å². The Kier molecular flexibility index (Phi) is 6.82. The van der Waals surface area contributed by atoms with Crippen LogP contribution in [-0.4, -0.2) is 15.7 Å². The van der Waals surface area contributed by atoms with E-state index in [1.807, 2.05) is 20.8 Å². The number of hydrogen-bond donors (Lipinski definition) is 0. The van der Waals surface area contributed by atoms with Gasteiger partial charge in [0.25, 0.3) is 0 Å². The summed E-state index contributed by atoms with van der Waals surface area (Å²) in [5, 5.41) is 4.41. The predicted molar refractivity (Wildman–Crippen MR) is 79.7 cm³/mol. The molecule has 0 saturated carbocycles. The molecule has 0 unspecified atom stereocenters. The SMILES string of the molecule is CCCCCCCc1c(C)nn(C(=O)CCC)c1C. The normalized spacial score (nSPS) is 10.9. The highest BCUT2D eigenvalue weighted by Gasteiger charge is 2.15. The summed E-state index contributed by atoms with van der Waals surface area (Å²) in [5.41, 5.74) is 3.35. The van der Waals surface area contributed by atoms with E-state index in [1.54, 1.807) is 4.68 Å². The Morgan fingerprint density at radius 2 is 1.74 bits per heavy atom. The highest BCUT2D eigenvalue weighted by molar-refractivity contribution is 5.79. The largest absolute Gasteiger partial charge is 0.273 e. The molecule has 0 aliphatic rings. The van der Waals surface area contributed by atoms with Gasteiger partial charge in [0.1, 0.15) is 0 Å². The van der Waals surface area contributed by atoms with Crippen molar-refractivity contribution in [3.8, 4) is 0 Å². The molecule has 19 heavy (non-hydrogen) atoms. The van der Waals surface area contributed by atoms with Gasteiger partial charge >= 0.3 is 0 Å². The lowest BCUT2D eigenvalue weighted by molar-refractivity contribution is 0.0883. The summed E-state index contributed by atoms with van der Waals surface area (Å²) in [6, 6.07) is 0. The summed E-state index contributed by atoms with van der Waals surface area (Å²) in [7, 11) is 0. The van der Waals surface area contributed by atoms with Gasteiger partial charge in [0.15, 0.2) is 0 Å². The van der Waals surface area contributed by atoms with Gasteiger partial charge in [-0.1, -0.05) is 39.5 Å². The lowest BCUT2D eigenvalue weighted by atomic mass is 10.0. The van der Waals surface area contributed by atoms with E-state index in [1.165, 1.54) is 37.7 Å². The van der Waals surface area contributed by atoms with E-state index in [9.17, 15) is 4.79 Å². The van der Waals surface area contributed by atoms with E-state index >= 15 is 0 Å². The van der Waals surface area contributed by atoms with Gasteiger partial charge in [-0.15, -0.1) is 0 Å². The molecule has 1 aromatic heterocycles. The molecule has 1 rings (SSSR count). The van der Waals surface area contributed by atoms with Crippen LogP contribution in [0.3, 0.4) is 0 Å². The molecule has 0 amide bonds. The molecular weight excluding hydrogens is 236 g/mol. The zero-order valence-corrected chi connectivity index (χ0v) is 13.0. The van der Waals surface area contributed by atoms with Crippen molar-refractivity contribution in [2.45, 2.75) is 79.1 Å². The van der Waals surface area contributed by atoms with Crippen LogP contribution in [0, 0.1) is 13.8 Å². The molecule has 0 aliphatic heterocycles. The van der Waals surface area contributed by atoms with Gasteiger partial charge in [-0.25, -0.2) is 4.68 Å². The van der Waals surface area contributed by atoms with Gasteiger partial charge in [0.05, 0.1) is 5.69 Å². The fourth-order valence-electron chi connectivity index (χ4n) is 2.50. The van der Waals surface area contributed by atoms with Gasteiger partial charge in [0, 0.05) is 12.1 Å². The Bertz CT molecular complexity index is 407. The third-order valence-electron chi connectivity index (χ3n) is 3.67. The van der Waals surface area contributed by atoms with Crippen LogP contribution in [0.5, 0.6) is 0 Å². The van der Waals surface area contributed by atoms with Crippen LogP contribution in [0.25, 0.3) is 0 Å². The van der Waals surface area contributed by atoms with Crippen LogP contribution in [0.4, 0.5) is 0 Å². The van der Waals surface area contributed by atoms with Gasteiger partial charge in [0.2, 0.25) is 5.91 Å². The number of nitrogens with zero attached hydrogens (tertiary/aromatic N) is 2. The first-order valence-corrected chi connectivity index (χ1v) is 7.70. The maximum Gasteiger partial charge on any atom is 0.247 e. The molecule has 108 valence electrons. The van der Waals surface area contributed by atoms with Gasteiger partial charge in [-0.2, -0.15) is 5.10 Å². The average molecular weight is 264 g/mol. The summed E-state index contributed by atoms with van der Waals surface area (Å²) in [5.74, 6) is 0.125. The zero-order chi connectivity index (χ0) is 14.3. The second-order valence-electron chi connectivity index (χ2n) is 5.37. The number of carbonyl (C=O) groups excluding carboxylic acids is 1. The van der Waals surface area contributed by atoms with Crippen LogP contribution in [0.2, 0.25) is 0 Å². The van der Waals surface area contributed by atoms with Crippen molar-refractivity contribution in [3.05, 3.63) is 17.0 Å². The third kappa shape index (κ3) is 4.48. The Labute approximate surface area is 117 Å². The highest BCUT2D eigenvalue weighted by atomic mass is 16.2. The Morgan fingerprint density at radius 3 is 2.37 bits per heavy atom. The molecule has 1 heterocycles. The number of aryl methyl sites for hydroxylation is 1. The first-order chi connectivity index (χ1) is 9.11. The molecule has 0 saturated heterocycles. The second kappa shape index (κ2) is 8.13. The van der Waals surface area contributed by atoms with Gasteiger partial charge in [-0.05, 0) is 38.7 Å². The highest BCUT2D eigenvalue weighted by Crippen LogP contribution is 2.17. The van der Waals surface area contributed by atoms with Crippen LogP contribution < -0.4 is 0 Å². The molecule has 0 aliphatic carbocycles. The number of hydrogen-bond acceptors (Lipinski definition) is 2. The minimum absolute atomic E-state index is 0.125. The lowest BCUT2D eigenvalue weighted by Crippen LogP contribution is -2.13. The molecule has 0 bridgehead atoms.